The largest absolute Gasteiger partial charge is 0.239 e. The van der Waals surface area contributed by atoms with Crippen molar-refractivity contribution in [1.82, 2.24) is 9.97 Å². The zero-order valence-electron chi connectivity index (χ0n) is 8.53. The number of aromatic nitrogens is 2. The molecule has 0 saturated heterocycles. The molecule has 3 heteroatoms. The van der Waals surface area contributed by atoms with Crippen molar-refractivity contribution in [1.29, 1.82) is 0 Å². The highest BCUT2D eigenvalue weighted by atomic mass is 32.1. The Bertz CT molecular complexity index is 440. The summed E-state index contributed by atoms with van der Waals surface area (Å²) in [6.07, 6.45) is 0. The Morgan fingerprint density at radius 3 is 2.50 bits per heavy atom. The highest BCUT2D eigenvalue weighted by Crippen LogP contribution is 2.27. The molecule has 72 valence electrons. The number of hydrogen-bond donors (Lipinski definition) is 0. The normalized spacial score (nSPS) is 10.5. The van der Waals surface area contributed by atoms with E-state index < -0.39 is 0 Å². The van der Waals surface area contributed by atoms with E-state index >= 15 is 0 Å². The van der Waals surface area contributed by atoms with Crippen molar-refractivity contribution in [2.75, 3.05) is 0 Å². The monoisotopic (exact) mass is 204 g/mol. The third kappa shape index (κ3) is 1.68. The van der Waals surface area contributed by atoms with E-state index in [1.807, 2.05) is 19.9 Å². The molecule has 2 rings (SSSR count). The topological polar surface area (TPSA) is 25.8 Å². The highest BCUT2D eigenvalue weighted by Gasteiger charge is 2.06. The first-order valence-electron chi connectivity index (χ1n) is 4.53. The predicted molar refractivity (Wildman–Crippen MR) is 59.6 cm³/mol. The van der Waals surface area contributed by atoms with E-state index in [2.05, 4.69) is 28.3 Å². The molecule has 0 atom stereocenters. The number of nitrogens with zero attached hydrogens (tertiary/aromatic N) is 2. The average Bonchev–Trinajstić information content (AvgIpc) is 2.49. The van der Waals surface area contributed by atoms with Crippen molar-refractivity contribution in [3.8, 4) is 10.6 Å². The van der Waals surface area contributed by atoms with Crippen LogP contribution in [0.5, 0.6) is 0 Å². The lowest BCUT2D eigenvalue weighted by atomic mass is 10.2. The summed E-state index contributed by atoms with van der Waals surface area (Å²) < 4.78 is 0. The first kappa shape index (κ1) is 9.34. The molecule has 2 nitrogen and oxygen atoms in total. The Morgan fingerprint density at radius 1 is 1.14 bits per heavy atom. The lowest BCUT2D eigenvalue weighted by Gasteiger charge is -2.01. The van der Waals surface area contributed by atoms with Gasteiger partial charge in [-0.1, -0.05) is 0 Å². The van der Waals surface area contributed by atoms with Crippen LogP contribution in [0.25, 0.3) is 10.6 Å². The molecular weight excluding hydrogens is 192 g/mol. The van der Waals surface area contributed by atoms with Crippen LogP contribution in [0.4, 0.5) is 0 Å². The predicted octanol–water partition coefficient (Wildman–Crippen LogP) is 3.13. The van der Waals surface area contributed by atoms with E-state index in [0.29, 0.717) is 0 Å². The third-order valence-electron chi connectivity index (χ3n) is 2.06. The first-order valence-corrected chi connectivity index (χ1v) is 5.41. The lowest BCUT2D eigenvalue weighted by molar-refractivity contribution is 1.02. The van der Waals surface area contributed by atoms with E-state index in [-0.39, 0.29) is 0 Å². The maximum Gasteiger partial charge on any atom is 0.126 e. The SMILES string of the molecule is Cc1cc(-c2sccc2C)nc(C)n1. The van der Waals surface area contributed by atoms with Crippen LogP contribution >= 0.6 is 11.3 Å². The van der Waals surface area contributed by atoms with Crippen molar-refractivity contribution in [3.63, 3.8) is 0 Å². The molecule has 0 radical (unpaired) electrons. The van der Waals surface area contributed by atoms with E-state index in [9.17, 15) is 0 Å². The van der Waals surface area contributed by atoms with Crippen LogP contribution in [0.2, 0.25) is 0 Å². The molecule has 0 aromatic carbocycles. The Balaban J connectivity index is 2.57. The summed E-state index contributed by atoms with van der Waals surface area (Å²) in [5, 5.41) is 2.09. The van der Waals surface area contributed by atoms with Gasteiger partial charge in [-0.3, -0.25) is 0 Å². The highest BCUT2D eigenvalue weighted by molar-refractivity contribution is 7.13. The number of hydrogen-bond acceptors (Lipinski definition) is 3. The van der Waals surface area contributed by atoms with Gasteiger partial charge < -0.3 is 0 Å². The van der Waals surface area contributed by atoms with E-state index in [4.69, 9.17) is 0 Å². The molecule has 0 aliphatic rings. The maximum absolute atomic E-state index is 4.44. The standard InChI is InChI=1S/C11H12N2S/c1-7-4-5-14-11(7)10-6-8(2)12-9(3)13-10/h4-6H,1-3H3. The second-order valence-corrected chi connectivity index (χ2v) is 4.29. The van der Waals surface area contributed by atoms with Gasteiger partial charge in [-0.25, -0.2) is 9.97 Å². The summed E-state index contributed by atoms with van der Waals surface area (Å²) in [6.45, 7) is 6.04. The molecule has 0 amide bonds. The molecule has 2 aromatic rings. The summed E-state index contributed by atoms with van der Waals surface area (Å²) in [5.41, 5.74) is 3.36. The van der Waals surface area contributed by atoms with E-state index in [1.54, 1.807) is 11.3 Å². The van der Waals surface area contributed by atoms with Gasteiger partial charge in [-0.2, -0.15) is 0 Å². The second kappa shape index (κ2) is 3.50. The van der Waals surface area contributed by atoms with Crippen LogP contribution in [-0.4, -0.2) is 9.97 Å². The van der Waals surface area contributed by atoms with Gasteiger partial charge in [-0.05, 0) is 43.8 Å². The summed E-state index contributed by atoms with van der Waals surface area (Å²) in [5.74, 6) is 0.841. The van der Waals surface area contributed by atoms with Gasteiger partial charge in [0.2, 0.25) is 0 Å². The van der Waals surface area contributed by atoms with E-state index in [1.165, 1.54) is 10.4 Å². The molecule has 0 bridgehead atoms. The van der Waals surface area contributed by atoms with Crippen molar-refractivity contribution in [3.05, 3.63) is 34.6 Å². The smallest absolute Gasteiger partial charge is 0.126 e. The summed E-state index contributed by atoms with van der Waals surface area (Å²) in [4.78, 5) is 9.95. The van der Waals surface area contributed by atoms with Crippen LogP contribution in [0, 0.1) is 20.8 Å². The van der Waals surface area contributed by atoms with Gasteiger partial charge in [0, 0.05) is 5.69 Å². The fourth-order valence-corrected chi connectivity index (χ4v) is 2.36. The van der Waals surface area contributed by atoms with Crippen LogP contribution in [-0.2, 0) is 0 Å². The molecule has 0 saturated carbocycles. The minimum atomic E-state index is 0.841. The summed E-state index contributed by atoms with van der Waals surface area (Å²) in [7, 11) is 0. The molecule has 0 spiro atoms. The number of thiophene rings is 1. The molecule has 2 aromatic heterocycles. The maximum atomic E-state index is 4.44. The molecule has 2 heterocycles. The zero-order chi connectivity index (χ0) is 10.1. The third-order valence-corrected chi connectivity index (χ3v) is 3.10. The van der Waals surface area contributed by atoms with Crippen LogP contribution < -0.4 is 0 Å². The van der Waals surface area contributed by atoms with Gasteiger partial charge in [0.1, 0.15) is 5.82 Å². The molecule has 0 aliphatic carbocycles. The van der Waals surface area contributed by atoms with Crippen LogP contribution in [0.1, 0.15) is 17.1 Å². The summed E-state index contributed by atoms with van der Waals surface area (Å²) in [6, 6.07) is 4.15. The van der Waals surface area contributed by atoms with Crippen LogP contribution in [0.15, 0.2) is 17.5 Å². The first-order chi connectivity index (χ1) is 6.66. The fourth-order valence-electron chi connectivity index (χ4n) is 1.47. The molecule has 0 fully saturated rings. The molecule has 0 N–H and O–H groups in total. The lowest BCUT2D eigenvalue weighted by Crippen LogP contribution is -1.93. The average molecular weight is 204 g/mol. The Labute approximate surface area is 87.7 Å². The fraction of sp³-hybridized carbons (Fsp3) is 0.273. The molecular formula is C11H12N2S. The van der Waals surface area contributed by atoms with E-state index in [0.717, 1.165) is 17.2 Å². The Morgan fingerprint density at radius 2 is 1.93 bits per heavy atom. The van der Waals surface area contributed by atoms with Crippen molar-refractivity contribution in [2.24, 2.45) is 0 Å². The molecule has 0 unspecified atom stereocenters. The van der Waals surface area contributed by atoms with Gasteiger partial charge in [0.05, 0.1) is 10.6 Å². The van der Waals surface area contributed by atoms with Gasteiger partial charge in [-0.15, -0.1) is 11.3 Å². The Hall–Kier alpha value is -1.22. The van der Waals surface area contributed by atoms with Crippen molar-refractivity contribution in [2.45, 2.75) is 20.8 Å². The van der Waals surface area contributed by atoms with Crippen molar-refractivity contribution < 1.29 is 0 Å². The summed E-state index contributed by atoms with van der Waals surface area (Å²) >= 11 is 1.73. The van der Waals surface area contributed by atoms with Crippen molar-refractivity contribution >= 4 is 11.3 Å². The minimum Gasteiger partial charge on any atom is -0.239 e. The molecule has 0 aliphatic heterocycles. The minimum absolute atomic E-state index is 0.841. The molecule has 14 heavy (non-hydrogen) atoms. The van der Waals surface area contributed by atoms with Gasteiger partial charge in [0.15, 0.2) is 0 Å². The Kier molecular flexibility index (Phi) is 2.33. The second-order valence-electron chi connectivity index (χ2n) is 3.37. The number of aryl methyl sites for hydroxylation is 3. The van der Waals surface area contributed by atoms with Gasteiger partial charge in [0.25, 0.3) is 0 Å². The quantitative estimate of drug-likeness (QED) is 0.713. The zero-order valence-corrected chi connectivity index (χ0v) is 9.35. The number of rotatable bonds is 1. The van der Waals surface area contributed by atoms with Gasteiger partial charge >= 0.3 is 0 Å². The van der Waals surface area contributed by atoms with Crippen LogP contribution in [0.3, 0.4) is 0 Å².